The number of carbonyl (C=O) groups excluding carboxylic acids is 1. The maximum absolute atomic E-state index is 13.4. The summed E-state index contributed by atoms with van der Waals surface area (Å²) in [4.78, 5) is 28.1. The van der Waals surface area contributed by atoms with Crippen LogP contribution in [0.2, 0.25) is 0 Å². The predicted octanol–water partition coefficient (Wildman–Crippen LogP) is 4.64. The van der Waals surface area contributed by atoms with E-state index in [0.717, 1.165) is 10.5 Å². The van der Waals surface area contributed by atoms with Crippen molar-refractivity contribution in [2.24, 2.45) is 0 Å². The van der Waals surface area contributed by atoms with Gasteiger partial charge in [0.25, 0.3) is 5.91 Å². The number of nitrogens with zero attached hydrogens (tertiary/aromatic N) is 2. The van der Waals surface area contributed by atoms with Crippen LogP contribution in [-0.2, 0) is 28.4 Å². The Morgan fingerprint density at radius 3 is 2.00 bits per heavy atom. The van der Waals surface area contributed by atoms with E-state index in [1.54, 1.807) is 0 Å². The van der Waals surface area contributed by atoms with E-state index in [-0.39, 0.29) is 18.9 Å². The summed E-state index contributed by atoms with van der Waals surface area (Å²) in [5.74, 6) is -2.72. The molecule has 194 valence electrons. The van der Waals surface area contributed by atoms with E-state index < -0.39 is 59.3 Å². The Balaban J connectivity index is 1.65. The number of benzene rings is 2. The Labute approximate surface area is 202 Å². The number of ether oxygens (including phenoxy) is 1. The molecule has 2 aliphatic heterocycles. The normalized spacial score (nSPS) is 20.6. The third kappa shape index (κ3) is 5.19. The van der Waals surface area contributed by atoms with E-state index in [1.165, 1.54) is 0 Å². The van der Waals surface area contributed by atoms with Gasteiger partial charge in [-0.1, -0.05) is 30.3 Å². The number of carboxylic acid groups (broad SMARTS) is 1. The third-order valence-electron chi connectivity index (χ3n) is 6.49. The van der Waals surface area contributed by atoms with Gasteiger partial charge in [-0.2, -0.15) is 26.3 Å². The lowest BCUT2D eigenvalue weighted by Gasteiger charge is -2.44. The van der Waals surface area contributed by atoms with E-state index in [1.807, 2.05) is 35.2 Å². The molecule has 2 heterocycles. The van der Waals surface area contributed by atoms with Crippen molar-refractivity contribution in [3.05, 3.63) is 70.8 Å². The number of halogens is 6. The number of carboxylic acids is 1. The Kier molecular flexibility index (Phi) is 6.78. The monoisotopic (exact) mass is 516 g/mol. The first-order chi connectivity index (χ1) is 16.8. The molecule has 2 aromatic carbocycles. The molecule has 0 radical (unpaired) electrons. The molecule has 2 aromatic rings. The molecule has 0 saturated carbocycles. The van der Waals surface area contributed by atoms with Crippen LogP contribution in [0.15, 0.2) is 48.5 Å². The number of alkyl halides is 6. The SMILES string of the molecule is O=C(O)[C@H]1COC2(CCN(Cc3ccccc3)CC2)N1C(=O)c1cc(C(F)(F)F)cc(C(F)(F)F)c1. The molecule has 12 heteroatoms. The minimum absolute atomic E-state index is 0.0796. The van der Waals surface area contributed by atoms with Crippen LogP contribution in [0.5, 0.6) is 0 Å². The lowest BCUT2D eigenvalue weighted by atomic mass is 9.95. The molecule has 2 saturated heterocycles. The molecule has 36 heavy (non-hydrogen) atoms. The molecular formula is C24H22F6N2O4. The van der Waals surface area contributed by atoms with E-state index in [2.05, 4.69) is 0 Å². The molecule has 2 aliphatic rings. The summed E-state index contributed by atoms with van der Waals surface area (Å²) in [7, 11) is 0. The van der Waals surface area contributed by atoms with E-state index in [0.29, 0.717) is 31.8 Å². The minimum atomic E-state index is -5.15. The summed E-state index contributed by atoms with van der Waals surface area (Å²) in [6.07, 6.45) is -10.0. The van der Waals surface area contributed by atoms with Crippen molar-refractivity contribution in [1.29, 1.82) is 0 Å². The van der Waals surface area contributed by atoms with Gasteiger partial charge in [0.15, 0.2) is 6.04 Å². The molecule has 0 aliphatic carbocycles. The summed E-state index contributed by atoms with van der Waals surface area (Å²) < 4.78 is 85.8. The summed E-state index contributed by atoms with van der Waals surface area (Å²) in [6, 6.07) is 8.48. The second-order valence-electron chi connectivity index (χ2n) is 8.84. The molecule has 1 N–H and O–H groups in total. The first kappa shape index (κ1) is 26.0. The highest BCUT2D eigenvalue weighted by Crippen LogP contribution is 2.41. The predicted molar refractivity (Wildman–Crippen MR) is 114 cm³/mol. The standard InChI is InChI=1S/C24H22F6N2O4/c25-23(26,27)17-10-16(11-18(12-17)24(28,29)30)20(33)32-19(21(34)35)14-36-22(32)6-8-31(9-7-22)13-15-4-2-1-3-5-15/h1-5,10-12,19H,6-9,13-14H2,(H,34,35)/t19-/m1/s1. The molecule has 0 bridgehead atoms. The van der Waals surface area contributed by atoms with Gasteiger partial charge in [-0.05, 0) is 23.8 Å². The van der Waals surface area contributed by atoms with Gasteiger partial charge in [0.2, 0.25) is 0 Å². The Morgan fingerprint density at radius 1 is 0.944 bits per heavy atom. The topological polar surface area (TPSA) is 70.1 Å². The van der Waals surface area contributed by atoms with Crippen LogP contribution in [0.3, 0.4) is 0 Å². The maximum Gasteiger partial charge on any atom is 0.416 e. The fourth-order valence-corrected chi connectivity index (χ4v) is 4.68. The number of hydrogen-bond donors (Lipinski definition) is 1. The van der Waals surface area contributed by atoms with Gasteiger partial charge < -0.3 is 9.84 Å². The first-order valence-electron chi connectivity index (χ1n) is 11.1. The second kappa shape index (κ2) is 9.40. The van der Waals surface area contributed by atoms with Gasteiger partial charge in [-0.15, -0.1) is 0 Å². The summed E-state index contributed by atoms with van der Waals surface area (Å²) in [5.41, 5.74) is -4.64. The van der Waals surface area contributed by atoms with E-state index in [4.69, 9.17) is 4.74 Å². The number of hydrogen-bond acceptors (Lipinski definition) is 4. The van der Waals surface area contributed by atoms with Crippen molar-refractivity contribution in [3.63, 3.8) is 0 Å². The van der Waals surface area contributed by atoms with Gasteiger partial charge in [0.1, 0.15) is 5.72 Å². The van der Waals surface area contributed by atoms with Crippen LogP contribution in [0.1, 0.15) is 39.9 Å². The lowest BCUT2D eigenvalue weighted by molar-refractivity contribution is -0.145. The zero-order valence-electron chi connectivity index (χ0n) is 18.8. The van der Waals surface area contributed by atoms with Gasteiger partial charge in [0.05, 0.1) is 17.7 Å². The first-order valence-corrected chi connectivity index (χ1v) is 11.1. The fraction of sp³-hybridized carbons (Fsp3) is 0.417. The molecule has 4 rings (SSSR count). The van der Waals surface area contributed by atoms with Crippen molar-refractivity contribution in [3.8, 4) is 0 Å². The zero-order chi connectivity index (χ0) is 26.3. The molecular weight excluding hydrogens is 494 g/mol. The fourth-order valence-electron chi connectivity index (χ4n) is 4.68. The zero-order valence-corrected chi connectivity index (χ0v) is 18.8. The maximum atomic E-state index is 13.4. The van der Waals surface area contributed by atoms with Crippen LogP contribution in [0, 0.1) is 0 Å². The summed E-state index contributed by atoms with van der Waals surface area (Å²) >= 11 is 0. The molecule has 2 fully saturated rings. The van der Waals surface area contributed by atoms with Gasteiger partial charge in [0, 0.05) is 38.0 Å². The smallest absolute Gasteiger partial charge is 0.416 e. The molecule has 0 unspecified atom stereocenters. The van der Waals surface area contributed by atoms with Gasteiger partial charge >= 0.3 is 18.3 Å². The average molecular weight is 516 g/mol. The molecule has 1 spiro atoms. The number of rotatable bonds is 4. The van der Waals surface area contributed by atoms with Crippen molar-refractivity contribution in [2.75, 3.05) is 19.7 Å². The highest BCUT2D eigenvalue weighted by molar-refractivity contribution is 5.98. The largest absolute Gasteiger partial charge is 0.480 e. The minimum Gasteiger partial charge on any atom is -0.480 e. The van der Waals surface area contributed by atoms with Crippen LogP contribution in [0.25, 0.3) is 0 Å². The number of piperidine rings is 1. The molecule has 0 aromatic heterocycles. The van der Waals surface area contributed by atoms with Crippen molar-refractivity contribution >= 4 is 11.9 Å². The van der Waals surface area contributed by atoms with Crippen LogP contribution in [-0.4, -0.2) is 58.2 Å². The van der Waals surface area contributed by atoms with Crippen molar-refractivity contribution < 1.29 is 45.8 Å². The molecule has 6 nitrogen and oxygen atoms in total. The van der Waals surface area contributed by atoms with Gasteiger partial charge in [-0.25, -0.2) is 4.79 Å². The van der Waals surface area contributed by atoms with Gasteiger partial charge in [-0.3, -0.25) is 14.6 Å². The van der Waals surface area contributed by atoms with Crippen molar-refractivity contribution in [2.45, 2.75) is 43.5 Å². The quantitative estimate of drug-likeness (QED) is 0.600. The summed E-state index contributed by atoms with van der Waals surface area (Å²) in [6.45, 7) is 0.906. The molecule has 1 atom stereocenters. The van der Waals surface area contributed by atoms with Crippen LogP contribution in [0.4, 0.5) is 26.3 Å². The summed E-state index contributed by atoms with van der Waals surface area (Å²) in [5, 5.41) is 9.66. The molecule has 1 amide bonds. The Morgan fingerprint density at radius 2 is 1.50 bits per heavy atom. The lowest BCUT2D eigenvalue weighted by Crippen LogP contribution is -2.58. The second-order valence-corrected chi connectivity index (χ2v) is 8.84. The van der Waals surface area contributed by atoms with E-state index >= 15 is 0 Å². The van der Waals surface area contributed by atoms with Crippen LogP contribution >= 0.6 is 0 Å². The number of likely N-dealkylation sites (tertiary alicyclic amines) is 1. The van der Waals surface area contributed by atoms with E-state index in [9.17, 15) is 41.0 Å². The Hall–Kier alpha value is -3.12. The van der Waals surface area contributed by atoms with Crippen molar-refractivity contribution in [1.82, 2.24) is 9.80 Å². The Bertz CT molecular complexity index is 1100. The number of amides is 1. The highest BCUT2D eigenvalue weighted by Gasteiger charge is 2.54. The number of aliphatic carboxylic acids is 1. The number of carbonyl (C=O) groups is 2. The highest BCUT2D eigenvalue weighted by atomic mass is 19.4. The third-order valence-corrected chi connectivity index (χ3v) is 6.49. The van der Waals surface area contributed by atoms with Crippen LogP contribution < -0.4 is 0 Å². The average Bonchev–Trinajstić information content (AvgIpc) is 3.18.